The Hall–Kier alpha value is -1.97. The van der Waals surface area contributed by atoms with E-state index in [4.69, 9.17) is 0 Å². The number of alkyl halides is 3. The van der Waals surface area contributed by atoms with E-state index >= 15 is 0 Å². The van der Waals surface area contributed by atoms with Crippen molar-refractivity contribution in [3.05, 3.63) is 51.7 Å². The standard InChI is InChI=1S/C11H6F5N3OS/c12-6-2-17-3-7(13)5(6)4-21-10-18-8(11(14,15)16)1-9(20)19-10/h1-3H,4H2,(H,18,19,20). The highest BCUT2D eigenvalue weighted by atomic mass is 32.2. The van der Waals surface area contributed by atoms with Crippen LogP contribution in [0, 0.1) is 11.6 Å². The average molecular weight is 323 g/mol. The molecule has 0 saturated carbocycles. The lowest BCUT2D eigenvalue weighted by Crippen LogP contribution is -2.16. The van der Waals surface area contributed by atoms with Crippen LogP contribution in [-0.2, 0) is 11.9 Å². The van der Waals surface area contributed by atoms with Crippen LogP contribution in [0.15, 0.2) is 28.4 Å². The van der Waals surface area contributed by atoms with Crippen LogP contribution in [0.2, 0.25) is 0 Å². The maximum absolute atomic E-state index is 13.3. The van der Waals surface area contributed by atoms with Crippen molar-refractivity contribution in [2.24, 2.45) is 0 Å². The summed E-state index contributed by atoms with van der Waals surface area (Å²) >= 11 is 0.572. The fourth-order valence-electron chi connectivity index (χ4n) is 1.37. The molecule has 0 amide bonds. The summed E-state index contributed by atoms with van der Waals surface area (Å²) in [5.41, 5.74) is -2.74. The molecule has 21 heavy (non-hydrogen) atoms. The first kappa shape index (κ1) is 15.4. The normalized spacial score (nSPS) is 11.7. The van der Waals surface area contributed by atoms with E-state index in [9.17, 15) is 26.7 Å². The third kappa shape index (κ3) is 3.78. The Kier molecular flexibility index (Phi) is 4.26. The molecule has 1 N–H and O–H groups in total. The lowest BCUT2D eigenvalue weighted by atomic mass is 10.3. The Bertz CT molecular complexity index is 695. The molecular weight excluding hydrogens is 317 g/mol. The smallest absolute Gasteiger partial charge is 0.301 e. The molecule has 0 unspecified atom stereocenters. The minimum Gasteiger partial charge on any atom is -0.301 e. The highest BCUT2D eigenvalue weighted by Gasteiger charge is 2.33. The predicted molar refractivity (Wildman–Crippen MR) is 63.6 cm³/mol. The van der Waals surface area contributed by atoms with Crippen LogP contribution in [0.1, 0.15) is 11.3 Å². The summed E-state index contributed by atoms with van der Waals surface area (Å²) in [4.78, 5) is 19.7. The maximum atomic E-state index is 13.3. The monoisotopic (exact) mass is 323 g/mol. The zero-order valence-electron chi connectivity index (χ0n) is 10.0. The van der Waals surface area contributed by atoms with Crippen LogP contribution in [0.5, 0.6) is 0 Å². The minimum absolute atomic E-state index is 0.303. The van der Waals surface area contributed by atoms with E-state index < -0.39 is 29.1 Å². The molecule has 0 spiro atoms. The topological polar surface area (TPSA) is 58.6 Å². The number of halogens is 5. The van der Waals surface area contributed by atoms with Gasteiger partial charge in [0.2, 0.25) is 0 Å². The van der Waals surface area contributed by atoms with Crippen LogP contribution in [0.3, 0.4) is 0 Å². The number of pyridine rings is 1. The third-order valence-electron chi connectivity index (χ3n) is 2.32. The first-order valence-corrected chi connectivity index (χ1v) is 6.35. The number of nitrogens with zero attached hydrogens (tertiary/aromatic N) is 2. The molecule has 0 aliphatic carbocycles. The highest BCUT2D eigenvalue weighted by Crippen LogP contribution is 2.28. The summed E-state index contributed by atoms with van der Waals surface area (Å²) in [5.74, 6) is -2.21. The second kappa shape index (κ2) is 5.80. The van der Waals surface area contributed by atoms with E-state index in [2.05, 4.69) is 15.0 Å². The summed E-state index contributed by atoms with van der Waals surface area (Å²) in [6.45, 7) is 0. The molecule has 2 rings (SSSR count). The van der Waals surface area contributed by atoms with Crippen molar-refractivity contribution in [2.75, 3.05) is 0 Å². The number of hydrogen-bond acceptors (Lipinski definition) is 4. The van der Waals surface area contributed by atoms with Gasteiger partial charge in [0.05, 0.1) is 12.4 Å². The van der Waals surface area contributed by atoms with Gasteiger partial charge in [0.1, 0.15) is 11.6 Å². The van der Waals surface area contributed by atoms with Crippen molar-refractivity contribution >= 4 is 11.8 Å². The SMILES string of the molecule is O=c1cc(C(F)(F)F)nc(SCc2c(F)cncc2F)[nH]1. The largest absolute Gasteiger partial charge is 0.433 e. The van der Waals surface area contributed by atoms with Crippen LogP contribution in [-0.4, -0.2) is 15.0 Å². The Balaban J connectivity index is 2.25. The molecule has 4 nitrogen and oxygen atoms in total. The van der Waals surface area contributed by atoms with Gasteiger partial charge in [-0.1, -0.05) is 11.8 Å². The van der Waals surface area contributed by atoms with E-state index in [1.54, 1.807) is 0 Å². The van der Waals surface area contributed by atoms with Gasteiger partial charge in [0, 0.05) is 17.4 Å². The zero-order chi connectivity index (χ0) is 15.6. The van der Waals surface area contributed by atoms with E-state index in [1.165, 1.54) is 0 Å². The summed E-state index contributed by atoms with van der Waals surface area (Å²) < 4.78 is 64.1. The number of thioether (sulfide) groups is 1. The lowest BCUT2D eigenvalue weighted by molar-refractivity contribution is -0.141. The van der Waals surface area contributed by atoms with Gasteiger partial charge < -0.3 is 4.98 Å². The molecule has 112 valence electrons. The van der Waals surface area contributed by atoms with Crippen LogP contribution < -0.4 is 5.56 Å². The predicted octanol–water partition coefficient (Wildman–Crippen LogP) is 2.75. The van der Waals surface area contributed by atoms with E-state index in [0.717, 1.165) is 12.4 Å². The molecule has 0 aliphatic rings. The summed E-state index contributed by atoms with van der Waals surface area (Å²) in [6, 6.07) is 0.303. The number of nitrogens with one attached hydrogen (secondary N) is 1. The highest BCUT2D eigenvalue weighted by molar-refractivity contribution is 7.98. The van der Waals surface area contributed by atoms with Crippen molar-refractivity contribution in [3.8, 4) is 0 Å². The first-order valence-electron chi connectivity index (χ1n) is 5.36. The lowest BCUT2D eigenvalue weighted by Gasteiger charge is -2.07. The van der Waals surface area contributed by atoms with E-state index in [1.807, 2.05) is 0 Å². The molecule has 0 aromatic carbocycles. The molecular formula is C11H6F5N3OS. The van der Waals surface area contributed by atoms with Crippen molar-refractivity contribution in [3.63, 3.8) is 0 Å². The van der Waals surface area contributed by atoms with Gasteiger partial charge in [-0.25, -0.2) is 13.8 Å². The van der Waals surface area contributed by atoms with Crippen molar-refractivity contribution in [2.45, 2.75) is 17.1 Å². The molecule has 0 fully saturated rings. The molecule has 10 heteroatoms. The van der Waals surface area contributed by atoms with Crippen LogP contribution in [0.25, 0.3) is 0 Å². The van der Waals surface area contributed by atoms with Gasteiger partial charge in [0.15, 0.2) is 10.9 Å². The second-order valence-corrected chi connectivity index (χ2v) is 4.77. The number of aromatic nitrogens is 3. The fraction of sp³-hybridized carbons (Fsp3) is 0.182. The van der Waals surface area contributed by atoms with Crippen molar-refractivity contribution in [1.29, 1.82) is 0 Å². The van der Waals surface area contributed by atoms with Crippen LogP contribution >= 0.6 is 11.8 Å². The zero-order valence-corrected chi connectivity index (χ0v) is 10.9. The van der Waals surface area contributed by atoms with Crippen molar-refractivity contribution in [1.82, 2.24) is 15.0 Å². The number of hydrogen-bond donors (Lipinski definition) is 1. The Morgan fingerprint density at radius 1 is 1.19 bits per heavy atom. The first-order chi connectivity index (χ1) is 9.77. The second-order valence-electron chi connectivity index (χ2n) is 3.80. The quantitative estimate of drug-likeness (QED) is 0.536. The number of H-pyrrole nitrogens is 1. The third-order valence-corrected chi connectivity index (χ3v) is 3.22. The summed E-state index contributed by atoms with van der Waals surface area (Å²) in [6.07, 6.45) is -3.22. The molecule has 2 aromatic heterocycles. The molecule has 0 aliphatic heterocycles. The minimum atomic E-state index is -4.78. The summed E-state index contributed by atoms with van der Waals surface area (Å²) in [7, 11) is 0. The Morgan fingerprint density at radius 3 is 2.38 bits per heavy atom. The van der Waals surface area contributed by atoms with Gasteiger partial charge >= 0.3 is 6.18 Å². The average Bonchev–Trinajstić information content (AvgIpc) is 2.36. The summed E-state index contributed by atoms with van der Waals surface area (Å²) in [5, 5.41) is -0.384. The van der Waals surface area contributed by atoms with E-state index in [-0.39, 0.29) is 16.5 Å². The van der Waals surface area contributed by atoms with Gasteiger partial charge in [-0.2, -0.15) is 13.2 Å². The molecule has 0 atom stereocenters. The maximum Gasteiger partial charge on any atom is 0.433 e. The number of aromatic amines is 1. The Morgan fingerprint density at radius 2 is 1.81 bits per heavy atom. The molecule has 2 heterocycles. The van der Waals surface area contributed by atoms with Gasteiger partial charge in [-0.3, -0.25) is 9.78 Å². The van der Waals surface area contributed by atoms with Gasteiger partial charge in [0.25, 0.3) is 5.56 Å². The Labute approximate surface area is 118 Å². The molecule has 2 aromatic rings. The molecule has 0 saturated heterocycles. The molecule has 0 radical (unpaired) electrons. The van der Waals surface area contributed by atoms with Crippen LogP contribution in [0.4, 0.5) is 22.0 Å². The fourth-order valence-corrected chi connectivity index (χ4v) is 2.26. The van der Waals surface area contributed by atoms with Gasteiger partial charge in [-0.05, 0) is 0 Å². The van der Waals surface area contributed by atoms with E-state index in [0.29, 0.717) is 17.8 Å². The molecule has 0 bridgehead atoms. The van der Waals surface area contributed by atoms with Crippen molar-refractivity contribution < 1.29 is 22.0 Å². The number of rotatable bonds is 3. The van der Waals surface area contributed by atoms with Gasteiger partial charge in [-0.15, -0.1) is 0 Å².